The summed E-state index contributed by atoms with van der Waals surface area (Å²) >= 11 is 0. The smallest absolute Gasteiger partial charge is 0.251 e. The number of carbonyl (C=O) groups is 1. The second-order valence-electron chi connectivity index (χ2n) is 5.66. The fourth-order valence-corrected chi connectivity index (χ4v) is 3.31. The van der Waals surface area contributed by atoms with Gasteiger partial charge >= 0.3 is 0 Å². The van der Waals surface area contributed by atoms with Crippen molar-refractivity contribution in [1.82, 2.24) is 10.6 Å². The fourth-order valence-electron chi connectivity index (χ4n) is 2.61. The van der Waals surface area contributed by atoms with Crippen LogP contribution < -0.4 is 10.6 Å². The number of rotatable bonds is 6. The zero-order chi connectivity index (χ0) is 16.0. The summed E-state index contributed by atoms with van der Waals surface area (Å²) in [6.45, 7) is 3.83. The number of carbonyl (C=O) groups excluding carboxylic acids is 1. The SMILES string of the molecule is CCS(=O)(=O)CCNC(=O)c1ccc([C@@H]2CCCNC2)cc1. The summed E-state index contributed by atoms with van der Waals surface area (Å²) in [6.07, 6.45) is 2.35. The van der Waals surface area contributed by atoms with Crippen LogP contribution in [0.4, 0.5) is 0 Å². The first kappa shape index (κ1) is 17.0. The summed E-state index contributed by atoms with van der Waals surface area (Å²) in [5.74, 6) is 0.383. The number of amides is 1. The zero-order valence-corrected chi connectivity index (χ0v) is 13.8. The lowest BCUT2D eigenvalue weighted by Gasteiger charge is -2.23. The summed E-state index contributed by atoms with van der Waals surface area (Å²) < 4.78 is 22.8. The number of hydrogen-bond donors (Lipinski definition) is 2. The van der Waals surface area contributed by atoms with Crippen molar-refractivity contribution in [2.24, 2.45) is 0 Å². The second-order valence-corrected chi connectivity index (χ2v) is 8.13. The molecule has 0 saturated carbocycles. The maximum Gasteiger partial charge on any atom is 0.251 e. The number of nitrogens with one attached hydrogen (secondary N) is 2. The minimum Gasteiger partial charge on any atom is -0.351 e. The molecule has 6 heteroatoms. The van der Waals surface area contributed by atoms with Crippen molar-refractivity contribution >= 4 is 15.7 Å². The highest BCUT2D eigenvalue weighted by Crippen LogP contribution is 2.23. The van der Waals surface area contributed by atoms with Gasteiger partial charge in [-0.2, -0.15) is 0 Å². The second kappa shape index (κ2) is 7.74. The van der Waals surface area contributed by atoms with Crippen molar-refractivity contribution in [2.75, 3.05) is 31.1 Å². The monoisotopic (exact) mass is 324 g/mol. The van der Waals surface area contributed by atoms with Gasteiger partial charge in [-0.05, 0) is 43.0 Å². The third-order valence-corrected chi connectivity index (χ3v) is 5.79. The van der Waals surface area contributed by atoms with Gasteiger partial charge in [0.15, 0.2) is 9.84 Å². The number of hydrogen-bond acceptors (Lipinski definition) is 4. The van der Waals surface area contributed by atoms with E-state index in [-0.39, 0.29) is 24.0 Å². The van der Waals surface area contributed by atoms with Crippen LogP contribution >= 0.6 is 0 Å². The van der Waals surface area contributed by atoms with Crippen LogP contribution in [0.3, 0.4) is 0 Å². The van der Waals surface area contributed by atoms with Gasteiger partial charge in [0, 0.05) is 24.4 Å². The van der Waals surface area contributed by atoms with Crippen LogP contribution in [0.2, 0.25) is 0 Å². The van der Waals surface area contributed by atoms with Crippen molar-refractivity contribution in [3.8, 4) is 0 Å². The van der Waals surface area contributed by atoms with Gasteiger partial charge in [0.25, 0.3) is 5.91 Å². The lowest BCUT2D eigenvalue weighted by molar-refractivity contribution is 0.0956. The molecule has 122 valence electrons. The number of piperidine rings is 1. The van der Waals surface area contributed by atoms with E-state index in [0.29, 0.717) is 11.5 Å². The fraction of sp³-hybridized carbons (Fsp3) is 0.562. The molecule has 1 aliphatic heterocycles. The molecule has 2 rings (SSSR count). The molecule has 0 bridgehead atoms. The van der Waals surface area contributed by atoms with E-state index in [1.54, 1.807) is 6.92 Å². The van der Waals surface area contributed by atoms with Crippen LogP contribution in [-0.2, 0) is 9.84 Å². The molecule has 1 heterocycles. The summed E-state index contributed by atoms with van der Waals surface area (Å²) in [5, 5.41) is 6.04. The van der Waals surface area contributed by atoms with Crippen molar-refractivity contribution in [1.29, 1.82) is 0 Å². The first-order valence-electron chi connectivity index (χ1n) is 7.81. The molecule has 2 N–H and O–H groups in total. The maximum atomic E-state index is 12.0. The predicted molar refractivity (Wildman–Crippen MR) is 87.9 cm³/mol. The Labute approximate surface area is 132 Å². The van der Waals surface area contributed by atoms with Crippen LogP contribution in [0.15, 0.2) is 24.3 Å². The average molecular weight is 324 g/mol. The Bertz CT molecular complexity index is 590. The third kappa shape index (κ3) is 4.81. The third-order valence-electron chi connectivity index (χ3n) is 4.08. The van der Waals surface area contributed by atoms with Gasteiger partial charge in [-0.25, -0.2) is 8.42 Å². The van der Waals surface area contributed by atoms with Crippen LogP contribution in [0.5, 0.6) is 0 Å². The van der Waals surface area contributed by atoms with Crippen LogP contribution in [0.1, 0.15) is 41.6 Å². The van der Waals surface area contributed by atoms with Crippen LogP contribution in [0, 0.1) is 0 Å². The van der Waals surface area contributed by atoms with E-state index in [9.17, 15) is 13.2 Å². The molecule has 0 spiro atoms. The summed E-state index contributed by atoms with van der Waals surface area (Å²) in [4.78, 5) is 12.0. The first-order valence-corrected chi connectivity index (χ1v) is 9.63. The Kier molecular flexibility index (Phi) is 5.97. The average Bonchev–Trinajstić information content (AvgIpc) is 2.55. The topological polar surface area (TPSA) is 75.3 Å². The van der Waals surface area contributed by atoms with Crippen molar-refractivity contribution < 1.29 is 13.2 Å². The molecule has 1 aromatic rings. The predicted octanol–water partition coefficient (Wildman–Crippen LogP) is 1.32. The molecule has 0 radical (unpaired) electrons. The summed E-state index contributed by atoms with van der Waals surface area (Å²) in [6, 6.07) is 7.62. The Balaban J connectivity index is 1.88. The van der Waals surface area contributed by atoms with Gasteiger partial charge in [-0.1, -0.05) is 19.1 Å². The Morgan fingerprint density at radius 3 is 2.64 bits per heavy atom. The molecule has 0 aromatic heterocycles. The lowest BCUT2D eigenvalue weighted by atomic mass is 9.91. The molecule has 0 unspecified atom stereocenters. The molecule has 1 fully saturated rings. The molecule has 5 nitrogen and oxygen atoms in total. The van der Waals surface area contributed by atoms with E-state index in [0.717, 1.165) is 13.1 Å². The van der Waals surface area contributed by atoms with Crippen molar-refractivity contribution in [3.05, 3.63) is 35.4 Å². The molecule has 1 atom stereocenters. The summed E-state index contributed by atoms with van der Waals surface area (Å²) in [5.41, 5.74) is 1.82. The van der Waals surface area contributed by atoms with Crippen LogP contribution in [-0.4, -0.2) is 45.5 Å². The largest absolute Gasteiger partial charge is 0.351 e. The van der Waals surface area contributed by atoms with Gasteiger partial charge < -0.3 is 10.6 Å². The molecule has 1 aromatic carbocycles. The molecular weight excluding hydrogens is 300 g/mol. The van der Waals surface area contributed by atoms with E-state index in [1.165, 1.54) is 18.4 Å². The first-order chi connectivity index (χ1) is 10.5. The highest BCUT2D eigenvalue weighted by Gasteiger charge is 2.15. The molecule has 1 aliphatic rings. The quantitative estimate of drug-likeness (QED) is 0.827. The van der Waals surface area contributed by atoms with Gasteiger partial charge in [-0.3, -0.25) is 4.79 Å². The Morgan fingerprint density at radius 1 is 1.32 bits per heavy atom. The van der Waals surface area contributed by atoms with Gasteiger partial charge in [0.1, 0.15) is 0 Å². The van der Waals surface area contributed by atoms with Crippen molar-refractivity contribution in [2.45, 2.75) is 25.7 Å². The normalized spacial score (nSPS) is 18.9. The standard InChI is InChI=1S/C16H24N2O3S/c1-2-22(20,21)11-10-18-16(19)14-7-5-13(6-8-14)15-4-3-9-17-12-15/h5-8,15,17H,2-4,9-12H2,1H3,(H,18,19)/t15-/m1/s1. The number of sulfone groups is 1. The van der Waals surface area contributed by atoms with E-state index >= 15 is 0 Å². The Hall–Kier alpha value is -1.40. The number of benzene rings is 1. The van der Waals surface area contributed by atoms with E-state index in [1.807, 2.05) is 24.3 Å². The lowest BCUT2D eigenvalue weighted by Crippen LogP contribution is -2.30. The Morgan fingerprint density at radius 2 is 2.05 bits per heavy atom. The zero-order valence-electron chi connectivity index (χ0n) is 13.0. The molecule has 1 saturated heterocycles. The van der Waals surface area contributed by atoms with E-state index in [4.69, 9.17) is 0 Å². The molecule has 1 amide bonds. The molecule has 0 aliphatic carbocycles. The van der Waals surface area contributed by atoms with Gasteiger partial charge in [0.2, 0.25) is 0 Å². The van der Waals surface area contributed by atoms with Crippen LogP contribution in [0.25, 0.3) is 0 Å². The van der Waals surface area contributed by atoms with Gasteiger partial charge in [-0.15, -0.1) is 0 Å². The van der Waals surface area contributed by atoms with Crippen molar-refractivity contribution in [3.63, 3.8) is 0 Å². The summed E-state index contributed by atoms with van der Waals surface area (Å²) in [7, 11) is -3.04. The minimum atomic E-state index is -3.04. The molecular formula is C16H24N2O3S. The van der Waals surface area contributed by atoms with E-state index < -0.39 is 9.84 Å². The van der Waals surface area contributed by atoms with Gasteiger partial charge in [0.05, 0.1) is 5.75 Å². The molecule has 22 heavy (non-hydrogen) atoms. The highest BCUT2D eigenvalue weighted by atomic mass is 32.2. The minimum absolute atomic E-state index is 0.0128. The van der Waals surface area contributed by atoms with E-state index in [2.05, 4.69) is 10.6 Å². The highest BCUT2D eigenvalue weighted by molar-refractivity contribution is 7.91. The maximum absolute atomic E-state index is 12.0.